The predicted molar refractivity (Wildman–Crippen MR) is 84.4 cm³/mol. The molecular formula is C16H27N3O. The predicted octanol–water partition coefficient (Wildman–Crippen LogP) is 2.77. The third kappa shape index (κ3) is 4.53. The van der Waals surface area contributed by atoms with E-state index in [1.54, 1.807) is 12.1 Å². The second kappa shape index (κ2) is 7.90. The minimum atomic E-state index is -0.437. The summed E-state index contributed by atoms with van der Waals surface area (Å²) in [6.45, 7) is 8.53. The molecule has 1 unspecified atom stereocenters. The van der Waals surface area contributed by atoms with Gasteiger partial charge in [0.1, 0.15) is 0 Å². The third-order valence-corrected chi connectivity index (χ3v) is 3.82. The van der Waals surface area contributed by atoms with E-state index in [4.69, 9.17) is 11.5 Å². The lowest BCUT2D eigenvalue weighted by molar-refractivity contribution is 0.100. The summed E-state index contributed by atoms with van der Waals surface area (Å²) in [6, 6.07) is 5.86. The fourth-order valence-electron chi connectivity index (χ4n) is 2.19. The number of nitrogen functional groups attached to an aromatic ring is 1. The number of benzene rings is 1. The van der Waals surface area contributed by atoms with Crippen molar-refractivity contribution in [3.05, 3.63) is 29.3 Å². The minimum absolute atomic E-state index is 0.437. The van der Waals surface area contributed by atoms with Crippen LogP contribution >= 0.6 is 0 Å². The minimum Gasteiger partial charge on any atom is -0.398 e. The van der Waals surface area contributed by atoms with Gasteiger partial charge in [-0.3, -0.25) is 9.69 Å². The molecule has 4 heteroatoms. The average Bonchev–Trinajstić information content (AvgIpc) is 2.43. The van der Waals surface area contributed by atoms with E-state index in [2.05, 4.69) is 25.7 Å². The lowest BCUT2D eigenvalue weighted by Gasteiger charge is -2.29. The van der Waals surface area contributed by atoms with Gasteiger partial charge in [-0.25, -0.2) is 0 Å². The van der Waals surface area contributed by atoms with Crippen molar-refractivity contribution in [2.24, 2.45) is 5.73 Å². The molecule has 0 bridgehead atoms. The van der Waals surface area contributed by atoms with Gasteiger partial charge in [-0.15, -0.1) is 0 Å². The zero-order valence-corrected chi connectivity index (χ0v) is 12.9. The van der Waals surface area contributed by atoms with Crippen LogP contribution in [0.15, 0.2) is 18.2 Å². The van der Waals surface area contributed by atoms with Crippen molar-refractivity contribution in [1.82, 2.24) is 4.90 Å². The van der Waals surface area contributed by atoms with Crippen molar-refractivity contribution >= 4 is 11.6 Å². The Morgan fingerprint density at radius 3 is 2.55 bits per heavy atom. The van der Waals surface area contributed by atoms with Crippen molar-refractivity contribution in [2.75, 3.05) is 12.3 Å². The van der Waals surface area contributed by atoms with Gasteiger partial charge >= 0.3 is 0 Å². The summed E-state index contributed by atoms with van der Waals surface area (Å²) in [7, 11) is 0. The van der Waals surface area contributed by atoms with Gasteiger partial charge in [0.05, 0.1) is 0 Å². The number of nitrogens with two attached hydrogens (primary N) is 2. The Labute approximate surface area is 122 Å². The number of amides is 1. The van der Waals surface area contributed by atoms with E-state index in [-0.39, 0.29) is 0 Å². The number of anilines is 1. The number of hydrogen-bond donors (Lipinski definition) is 2. The molecule has 112 valence electrons. The summed E-state index contributed by atoms with van der Waals surface area (Å²) in [4.78, 5) is 13.6. The first-order chi connectivity index (χ1) is 9.49. The van der Waals surface area contributed by atoms with Crippen molar-refractivity contribution in [3.8, 4) is 0 Å². The summed E-state index contributed by atoms with van der Waals surface area (Å²) in [5.74, 6) is -0.437. The van der Waals surface area contributed by atoms with Crippen LogP contribution in [0.4, 0.5) is 5.69 Å². The van der Waals surface area contributed by atoms with Gasteiger partial charge in [-0.2, -0.15) is 0 Å². The van der Waals surface area contributed by atoms with E-state index in [0.29, 0.717) is 17.3 Å². The van der Waals surface area contributed by atoms with Crippen LogP contribution in [-0.4, -0.2) is 23.4 Å². The van der Waals surface area contributed by atoms with Crippen LogP contribution in [0, 0.1) is 0 Å². The van der Waals surface area contributed by atoms with E-state index in [0.717, 1.165) is 25.1 Å². The first-order valence-corrected chi connectivity index (χ1v) is 7.41. The van der Waals surface area contributed by atoms with E-state index < -0.39 is 5.91 Å². The lowest BCUT2D eigenvalue weighted by Crippen LogP contribution is -2.33. The number of carbonyl (C=O) groups is 1. The SMILES string of the molecule is CCCCN(Cc1ccc(C(N)=O)cc1N)C(C)CC. The second-order valence-electron chi connectivity index (χ2n) is 5.36. The Hall–Kier alpha value is -1.55. The average molecular weight is 277 g/mol. The summed E-state index contributed by atoms with van der Waals surface area (Å²) in [5, 5.41) is 0. The highest BCUT2D eigenvalue weighted by atomic mass is 16.1. The molecule has 0 saturated heterocycles. The molecule has 0 spiro atoms. The highest BCUT2D eigenvalue weighted by molar-refractivity contribution is 5.93. The van der Waals surface area contributed by atoms with Crippen LogP contribution in [0.5, 0.6) is 0 Å². The molecular weight excluding hydrogens is 250 g/mol. The highest BCUT2D eigenvalue weighted by Crippen LogP contribution is 2.19. The molecule has 0 heterocycles. The Balaban J connectivity index is 2.84. The Morgan fingerprint density at radius 2 is 2.05 bits per heavy atom. The van der Waals surface area contributed by atoms with Crippen molar-refractivity contribution in [2.45, 2.75) is 52.6 Å². The first kappa shape index (κ1) is 16.5. The number of carbonyl (C=O) groups excluding carboxylic acids is 1. The molecule has 1 atom stereocenters. The van der Waals surface area contributed by atoms with Gasteiger partial charge in [0.15, 0.2) is 0 Å². The standard InChI is InChI=1S/C16H27N3O/c1-4-6-9-19(12(3)5-2)11-14-8-7-13(16(18)20)10-15(14)17/h7-8,10,12H,4-6,9,11,17H2,1-3H3,(H2,18,20). The van der Waals surface area contributed by atoms with Crippen molar-refractivity contribution in [3.63, 3.8) is 0 Å². The molecule has 20 heavy (non-hydrogen) atoms. The van der Waals surface area contributed by atoms with Gasteiger partial charge in [-0.05, 0) is 44.0 Å². The number of rotatable bonds is 8. The second-order valence-corrected chi connectivity index (χ2v) is 5.36. The molecule has 4 nitrogen and oxygen atoms in total. The van der Waals surface area contributed by atoms with Gasteiger partial charge < -0.3 is 11.5 Å². The molecule has 1 aromatic carbocycles. The lowest BCUT2D eigenvalue weighted by atomic mass is 10.1. The molecule has 0 aliphatic heterocycles. The summed E-state index contributed by atoms with van der Waals surface area (Å²) >= 11 is 0. The largest absolute Gasteiger partial charge is 0.398 e. The fraction of sp³-hybridized carbons (Fsp3) is 0.562. The Bertz CT molecular complexity index is 445. The van der Waals surface area contributed by atoms with Gasteiger partial charge in [0.25, 0.3) is 0 Å². The van der Waals surface area contributed by atoms with Gasteiger partial charge in [0.2, 0.25) is 5.91 Å². The van der Waals surface area contributed by atoms with Crippen LogP contribution in [-0.2, 0) is 6.54 Å². The quantitative estimate of drug-likeness (QED) is 0.718. The molecule has 0 fully saturated rings. The van der Waals surface area contributed by atoms with Gasteiger partial charge in [-0.1, -0.05) is 26.3 Å². The smallest absolute Gasteiger partial charge is 0.248 e. The van der Waals surface area contributed by atoms with Crippen LogP contribution < -0.4 is 11.5 Å². The maximum Gasteiger partial charge on any atom is 0.248 e. The topological polar surface area (TPSA) is 72.3 Å². The Kier molecular flexibility index (Phi) is 6.52. The maximum atomic E-state index is 11.1. The Morgan fingerprint density at radius 1 is 1.35 bits per heavy atom. The number of nitrogens with zero attached hydrogens (tertiary/aromatic N) is 1. The van der Waals surface area contributed by atoms with Crippen LogP contribution in [0.3, 0.4) is 0 Å². The molecule has 0 radical (unpaired) electrons. The van der Waals surface area contributed by atoms with E-state index in [1.807, 2.05) is 6.07 Å². The summed E-state index contributed by atoms with van der Waals surface area (Å²) in [5.41, 5.74) is 13.5. The molecule has 0 aliphatic carbocycles. The zero-order valence-electron chi connectivity index (χ0n) is 12.9. The molecule has 0 aliphatic rings. The molecule has 0 saturated carbocycles. The zero-order chi connectivity index (χ0) is 15.1. The number of hydrogen-bond acceptors (Lipinski definition) is 3. The van der Waals surface area contributed by atoms with Crippen LogP contribution in [0.2, 0.25) is 0 Å². The molecule has 1 rings (SSSR count). The van der Waals surface area contributed by atoms with E-state index in [1.165, 1.54) is 12.8 Å². The molecule has 4 N–H and O–H groups in total. The number of unbranched alkanes of at least 4 members (excludes halogenated alkanes) is 1. The van der Waals surface area contributed by atoms with E-state index >= 15 is 0 Å². The van der Waals surface area contributed by atoms with Crippen molar-refractivity contribution in [1.29, 1.82) is 0 Å². The molecule has 1 aromatic rings. The first-order valence-electron chi connectivity index (χ1n) is 7.41. The fourth-order valence-corrected chi connectivity index (χ4v) is 2.19. The normalized spacial score (nSPS) is 12.6. The maximum absolute atomic E-state index is 11.1. The monoisotopic (exact) mass is 277 g/mol. The van der Waals surface area contributed by atoms with Gasteiger partial charge in [0, 0.05) is 23.8 Å². The molecule has 0 aromatic heterocycles. The van der Waals surface area contributed by atoms with Crippen LogP contribution in [0.25, 0.3) is 0 Å². The summed E-state index contributed by atoms with van der Waals surface area (Å²) in [6.07, 6.45) is 3.48. The van der Waals surface area contributed by atoms with Crippen molar-refractivity contribution < 1.29 is 4.79 Å². The third-order valence-electron chi connectivity index (χ3n) is 3.82. The summed E-state index contributed by atoms with van der Waals surface area (Å²) < 4.78 is 0. The highest BCUT2D eigenvalue weighted by Gasteiger charge is 2.14. The number of primary amides is 1. The van der Waals surface area contributed by atoms with E-state index in [9.17, 15) is 4.79 Å². The van der Waals surface area contributed by atoms with Crippen LogP contribution in [0.1, 0.15) is 56.0 Å². The molecule has 1 amide bonds.